The fourth-order valence-electron chi connectivity index (χ4n) is 1.76. The minimum Gasteiger partial charge on any atom is -0.321 e. The van der Waals surface area contributed by atoms with Gasteiger partial charge < -0.3 is 9.42 Å². The van der Waals surface area contributed by atoms with Crippen molar-refractivity contribution in [2.45, 2.75) is 45.4 Å². The van der Waals surface area contributed by atoms with E-state index in [-0.39, 0.29) is 0 Å². The molecule has 0 radical (unpaired) electrons. The molecule has 1 atom stereocenters. The van der Waals surface area contributed by atoms with Crippen LogP contribution in [0.1, 0.15) is 45.4 Å². The Bertz CT molecular complexity index is 365. The van der Waals surface area contributed by atoms with Crippen molar-refractivity contribution in [2.24, 2.45) is 0 Å². The van der Waals surface area contributed by atoms with Crippen LogP contribution in [0.25, 0.3) is 0 Å². The lowest BCUT2D eigenvalue weighted by atomic mass is 10.1. The van der Waals surface area contributed by atoms with Crippen molar-refractivity contribution in [1.29, 1.82) is 0 Å². The van der Waals surface area contributed by atoms with Gasteiger partial charge in [-0.15, -0.1) is 0 Å². The molecule has 0 aliphatic rings. The predicted molar refractivity (Wildman–Crippen MR) is 75.2 cm³/mol. The van der Waals surface area contributed by atoms with Crippen LogP contribution in [0.4, 0.5) is 0 Å². The minimum atomic E-state index is -3.61. The molecule has 3 nitrogen and oxygen atoms in total. The zero-order valence-corrected chi connectivity index (χ0v) is 11.9. The highest BCUT2D eigenvalue weighted by Gasteiger charge is 2.21. The highest BCUT2D eigenvalue weighted by Crippen LogP contribution is 2.40. The van der Waals surface area contributed by atoms with Gasteiger partial charge in [-0.25, -0.2) is 0 Å². The van der Waals surface area contributed by atoms with Crippen LogP contribution in [-0.4, -0.2) is 11.5 Å². The van der Waals surface area contributed by atoms with Gasteiger partial charge in [0.15, 0.2) is 0 Å². The van der Waals surface area contributed by atoms with Gasteiger partial charge in [0.2, 0.25) is 0 Å². The quantitative estimate of drug-likeness (QED) is 0.547. The summed E-state index contributed by atoms with van der Waals surface area (Å²) in [6.07, 6.45) is 6.83. The molecule has 0 amide bonds. The van der Waals surface area contributed by atoms with E-state index in [9.17, 15) is 9.46 Å². The Hall–Kier alpha value is -0.630. The molecule has 0 saturated carbocycles. The van der Waals surface area contributed by atoms with Crippen LogP contribution in [0, 0.1) is 0 Å². The van der Waals surface area contributed by atoms with E-state index in [0.29, 0.717) is 11.9 Å². The van der Waals surface area contributed by atoms with Crippen molar-refractivity contribution < 1.29 is 14.0 Å². The molecule has 0 aromatic heterocycles. The smallest absolute Gasteiger partial charge is 0.321 e. The van der Waals surface area contributed by atoms with E-state index in [1.807, 2.05) is 6.07 Å². The molecule has 0 spiro atoms. The third-order valence-electron chi connectivity index (χ3n) is 2.85. The molecule has 1 unspecified atom stereocenters. The molecule has 0 aliphatic heterocycles. The van der Waals surface area contributed by atoms with Crippen molar-refractivity contribution in [2.75, 3.05) is 6.61 Å². The van der Waals surface area contributed by atoms with E-state index in [1.54, 1.807) is 24.3 Å². The van der Waals surface area contributed by atoms with Crippen molar-refractivity contribution in [3.63, 3.8) is 0 Å². The Morgan fingerprint density at radius 2 is 1.67 bits per heavy atom. The Morgan fingerprint density at radius 1 is 1.06 bits per heavy atom. The lowest BCUT2D eigenvalue weighted by Crippen LogP contribution is -2.07. The molecule has 1 rings (SSSR count). The minimum absolute atomic E-state index is 0.356. The molecule has 1 aromatic carbocycles. The van der Waals surface area contributed by atoms with Crippen LogP contribution in [0.2, 0.25) is 0 Å². The fraction of sp³-hybridized carbons (Fsp3) is 0.571. The summed E-state index contributed by atoms with van der Waals surface area (Å²) in [5.74, 6) is 0. The first-order valence-electron chi connectivity index (χ1n) is 6.70. The van der Waals surface area contributed by atoms with Gasteiger partial charge in [0.25, 0.3) is 0 Å². The second kappa shape index (κ2) is 8.47. The Morgan fingerprint density at radius 3 is 2.33 bits per heavy atom. The highest BCUT2D eigenvalue weighted by atomic mass is 31.2. The largest absolute Gasteiger partial charge is 0.358 e. The van der Waals surface area contributed by atoms with E-state index in [1.165, 1.54) is 25.7 Å². The molecule has 0 heterocycles. The van der Waals surface area contributed by atoms with Gasteiger partial charge in [0, 0.05) is 0 Å². The molecule has 0 bridgehead atoms. The summed E-state index contributed by atoms with van der Waals surface area (Å²) in [6, 6.07) is 8.56. The summed E-state index contributed by atoms with van der Waals surface area (Å²) in [7, 11) is -3.61. The molecule has 0 aliphatic carbocycles. The van der Waals surface area contributed by atoms with Gasteiger partial charge in [-0.2, -0.15) is 0 Å². The molecule has 0 fully saturated rings. The maximum absolute atomic E-state index is 11.9. The third-order valence-corrected chi connectivity index (χ3v) is 4.33. The monoisotopic (exact) mass is 270 g/mol. The number of hydrogen-bond acceptors (Lipinski definition) is 2. The zero-order valence-electron chi connectivity index (χ0n) is 11.0. The first kappa shape index (κ1) is 15.4. The number of unbranched alkanes of at least 4 members (excludes halogenated alkanes) is 5. The molecule has 18 heavy (non-hydrogen) atoms. The SMILES string of the molecule is CCCCCCCCOP(=O)(O)c1ccccc1. The first-order chi connectivity index (χ1) is 8.67. The lowest BCUT2D eigenvalue weighted by Gasteiger charge is -2.11. The molecule has 1 aromatic rings. The Kier molecular flexibility index (Phi) is 7.26. The molecule has 102 valence electrons. The third kappa shape index (κ3) is 5.81. The van der Waals surface area contributed by atoms with Crippen molar-refractivity contribution in [3.8, 4) is 0 Å². The van der Waals surface area contributed by atoms with Gasteiger partial charge in [-0.05, 0) is 18.6 Å². The summed E-state index contributed by atoms with van der Waals surface area (Å²) < 4.78 is 17.0. The highest BCUT2D eigenvalue weighted by molar-refractivity contribution is 7.61. The van der Waals surface area contributed by atoms with E-state index in [2.05, 4.69) is 6.92 Å². The van der Waals surface area contributed by atoms with Crippen LogP contribution < -0.4 is 5.30 Å². The second-order valence-electron chi connectivity index (χ2n) is 4.46. The fourth-order valence-corrected chi connectivity index (χ4v) is 2.84. The molecule has 1 N–H and O–H groups in total. The summed E-state index contributed by atoms with van der Waals surface area (Å²) in [5.41, 5.74) is 0. The van der Waals surface area contributed by atoms with Crippen LogP contribution >= 0.6 is 7.60 Å². The summed E-state index contributed by atoms with van der Waals surface area (Å²) in [5, 5.41) is 0.371. The summed E-state index contributed by atoms with van der Waals surface area (Å²) >= 11 is 0. The number of hydrogen-bond donors (Lipinski definition) is 1. The van der Waals surface area contributed by atoms with E-state index in [0.717, 1.165) is 12.8 Å². The molecule has 4 heteroatoms. The normalized spacial score (nSPS) is 14.3. The maximum atomic E-state index is 11.9. The van der Waals surface area contributed by atoms with Gasteiger partial charge in [0.05, 0.1) is 11.9 Å². The van der Waals surface area contributed by atoms with Gasteiger partial charge in [-0.3, -0.25) is 4.57 Å². The van der Waals surface area contributed by atoms with E-state index < -0.39 is 7.60 Å². The van der Waals surface area contributed by atoms with Crippen LogP contribution in [0.3, 0.4) is 0 Å². The van der Waals surface area contributed by atoms with Crippen molar-refractivity contribution >= 4 is 12.9 Å². The Labute approximate surface area is 110 Å². The van der Waals surface area contributed by atoms with Gasteiger partial charge in [-0.1, -0.05) is 57.2 Å². The van der Waals surface area contributed by atoms with Crippen LogP contribution in [0.5, 0.6) is 0 Å². The van der Waals surface area contributed by atoms with Gasteiger partial charge in [0.1, 0.15) is 0 Å². The summed E-state index contributed by atoms with van der Waals surface area (Å²) in [4.78, 5) is 9.76. The lowest BCUT2D eigenvalue weighted by molar-refractivity contribution is 0.261. The topological polar surface area (TPSA) is 46.5 Å². The van der Waals surface area contributed by atoms with Crippen molar-refractivity contribution in [1.82, 2.24) is 0 Å². The summed E-state index contributed by atoms with van der Waals surface area (Å²) in [6.45, 7) is 2.54. The second-order valence-corrected chi connectivity index (χ2v) is 6.27. The van der Waals surface area contributed by atoms with Crippen molar-refractivity contribution in [3.05, 3.63) is 30.3 Å². The Balaban J connectivity index is 2.20. The molecular weight excluding hydrogens is 247 g/mol. The number of benzene rings is 1. The van der Waals surface area contributed by atoms with E-state index >= 15 is 0 Å². The van der Waals surface area contributed by atoms with Crippen LogP contribution in [-0.2, 0) is 9.09 Å². The maximum Gasteiger partial charge on any atom is 0.358 e. The first-order valence-corrected chi connectivity index (χ1v) is 8.27. The van der Waals surface area contributed by atoms with Gasteiger partial charge >= 0.3 is 7.60 Å². The molecule has 0 saturated heterocycles. The molecular formula is C14H23O3P. The average Bonchev–Trinajstić information content (AvgIpc) is 2.39. The predicted octanol–water partition coefficient (Wildman–Crippen LogP) is 3.87. The zero-order chi connectivity index (χ0) is 13.3. The standard InChI is InChI=1S/C14H23O3P/c1-2-3-4-5-6-10-13-17-18(15,16)14-11-8-7-9-12-14/h7-9,11-12H,2-6,10,13H2,1H3,(H,15,16). The number of rotatable bonds is 9. The average molecular weight is 270 g/mol. The van der Waals surface area contributed by atoms with E-state index in [4.69, 9.17) is 4.52 Å². The van der Waals surface area contributed by atoms with Crippen LogP contribution in [0.15, 0.2) is 30.3 Å².